The van der Waals surface area contributed by atoms with Crippen LogP contribution in [-0.2, 0) is 32.5 Å². The molecule has 2 aromatic rings. The van der Waals surface area contributed by atoms with Gasteiger partial charge in [-0.25, -0.2) is 23.3 Å². The van der Waals surface area contributed by atoms with Gasteiger partial charge in [-0.3, -0.25) is 4.79 Å². The molecule has 0 radical (unpaired) electrons. The lowest BCUT2D eigenvalue weighted by atomic mass is 10.0. The van der Waals surface area contributed by atoms with Crippen LogP contribution in [0.4, 0.5) is 0 Å². The molecule has 1 amide bonds. The highest BCUT2D eigenvalue weighted by Gasteiger charge is 2.27. The summed E-state index contributed by atoms with van der Waals surface area (Å²) in [5, 5.41) is 29.1. The van der Waals surface area contributed by atoms with Gasteiger partial charge in [0.1, 0.15) is 11.8 Å². The van der Waals surface area contributed by atoms with Crippen molar-refractivity contribution in [2.75, 3.05) is 12.3 Å². The van der Waals surface area contributed by atoms with Gasteiger partial charge in [-0.05, 0) is 30.5 Å². The predicted molar refractivity (Wildman–Crippen MR) is 129 cm³/mol. The van der Waals surface area contributed by atoms with Gasteiger partial charge in [0, 0.05) is 36.1 Å². The number of nitrogens with two attached hydrogens (primary N) is 2. The molecule has 14 heteroatoms. The number of sulfonamides is 1. The number of amides is 1. The Hall–Kier alpha value is -2.65. The van der Waals surface area contributed by atoms with Crippen molar-refractivity contribution < 1.29 is 28.2 Å². The van der Waals surface area contributed by atoms with E-state index in [4.69, 9.17) is 10.9 Å². The second-order valence-corrected chi connectivity index (χ2v) is 10.3. The highest BCUT2D eigenvalue weighted by atomic mass is 32.2. The number of phenols is 1. The van der Waals surface area contributed by atoms with Crippen molar-refractivity contribution >= 4 is 34.5 Å². The first-order valence-corrected chi connectivity index (χ1v) is 12.6. The minimum atomic E-state index is -3.67. The second-order valence-electron chi connectivity index (χ2n) is 7.90. The van der Waals surface area contributed by atoms with Gasteiger partial charge in [-0.1, -0.05) is 12.1 Å². The summed E-state index contributed by atoms with van der Waals surface area (Å²) >= 11 is 4.41. The van der Waals surface area contributed by atoms with Crippen LogP contribution >= 0.6 is 12.6 Å². The van der Waals surface area contributed by atoms with Gasteiger partial charge in [-0.2, -0.15) is 12.6 Å². The zero-order chi connectivity index (χ0) is 25.3. The number of benzene rings is 1. The van der Waals surface area contributed by atoms with Crippen molar-refractivity contribution in [1.29, 1.82) is 0 Å². The molecule has 1 heterocycles. The summed E-state index contributed by atoms with van der Waals surface area (Å²) in [4.78, 5) is 31.4. The number of hydrogen-bond donors (Lipinski definition) is 8. The first kappa shape index (κ1) is 27.6. The molecule has 1 aromatic heterocycles. The van der Waals surface area contributed by atoms with Crippen LogP contribution in [0.2, 0.25) is 0 Å². The van der Waals surface area contributed by atoms with Gasteiger partial charge in [-0.15, -0.1) is 0 Å². The number of imidazole rings is 1. The van der Waals surface area contributed by atoms with E-state index in [0.29, 0.717) is 5.69 Å². The van der Waals surface area contributed by atoms with Gasteiger partial charge >= 0.3 is 5.97 Å². The summed E-state index contributed by atoms with van der Waals surface area (Å²) in [6.45, 7) is 0.142. The molecule has 188 valence electrons. The molecule has 0 saturated carbocycles. The zero-order valence-electron chi connectivity index (χ0n) is 18.3. The largest absolute Gasteiger partial charge is 0.508 e. The SMILES string of the molecule is NC(CCS(N)(=O)=O)C(S)CNC(Cc1ccc(O)cc1)C(=O)NC(Cc1cnc[nH]1)C(=O)O. The minimum absolute atomic E-state index is 0.0145. The molecule has 0 spiro atoms. The summed E-state index contributed by atoms with van der Waals surface area (Å²) in [5.74, 6) is -1.99. The number of aromatic hydroxyl groups is 1. The summed E-state index contributed by atoms with van der Waals surface area (Å²) < 4.78 is 22.3. The summed E-state index contributed by atoms with van der Waals surface area (Å²) in [6.07, 6.45) is 3.19. The Morgan fingerprint density at radius 3 is 2.41 bits per heavy atom. The van der Waals surface area contributed by atoms with E-state index in [2.05, 4.69) is 33.2 Å². The van der Waals surface area contributed by atoms with Gasteiger partial charge in [0.05, 0.1) is 18.1 Å². The average molecular weight is 515 g/mol. The average Bonchev–Trinajstić information content (AvgIpc) is 3.28. The maximum absolute atomic E-state index is 13.0. The molecule has 2 rings (SSSR count). The van der Waals surface area contributed by atoms with Crippen LogP contribution < -0.4 is 21.5 Å². The Morgan fingerprint density at radius 2 is 1.85 bits per heavy atom. The number of carboxylic acid groups (broad SMARTS) is 1. The van der Waals surface area contributed by atoms with E-state index in [-0.39, 0.29) is 37.3 Å². The Kier molecular flexibility index (Phi) is 10.3. The molecule has 0 saturated heterocycles. The van der Waals surface area contributed by atoms with Crippen molar-refractivity contribution in [2.45, 2.75) is 42.6 Å². The number of H-pyrrole nitrogens is 1. The Morgan fingerprint density at radius 1 is 1.18 bits per heavy atom. The molecule has 0 bridgehead atoms. The number of aliphatic carboxylic acids is 1. The molecule has 0 aliphatic rings. The van der Waals surface area contributed by atoms with Gasteiger partial charge in [0.2, 0.25) is 15.9 Å². The van der Waals surface area contributed by atoms with Crippen LogP contribution in [0.1, 0.15) is 17.7 Å². The van der Waals surface area contributed by atoms with Gasteiger partial charge in [0.15, 0.2) is 0 Å². The number of carbonyl (C=O) groups is 2. The maximum Gasteiger partial charge on any atom is 0.326 e. The van der Waals surface area contributed by atoms with E-state index in [1.54, 1.807) is 12.1 Å². The maximum atomic E-state index is 13.0. The minimum Gasteiger partial charge on any atom is -0.508 e. The van der Waals surface area contributed by atoms with Gasteiger partial charge in [0.25, 0.3) is 0 Å². The lowest BCUT2D eigenvalue weighted by molar-refractivity contribution is -0.142. The molecule has 0 fully saturated rings. The van der Waals surface area contributed by atoms with Crippen LogP contribution in [0, 0.1) is 0 Å². The van der Waals surface area contributed by atoms with Crippen molar-refractivity contribution in [3.8, 4) is 5.75 Å². The van der Waals surface area contributed by atoms with Crippen LogP contribution in [0.5, 0.6) is 5.75 Å². The van der Waals surface area contributed by atoms with Gasteiger partial charge < -0.3 is 31.6 Å². The highest BCUT2D eigenvalue weighted by molar-refractivity contribution is 7.89. The standard InChI is InChI=1S/C20H30N6O6S2/c21-15(5-6-34(22,31)32)18(33)10-24-16(7-12-1-3-14(27)4-2-12)19(28)26-17(20(29)30)8-13-9-23-11-25-13/h1-4,9,11,15-18,24,27,33H,5-8,10,21H2,(H,23,25)(H,26,28)(H,29,30)(H2,22,31,32). The highest BCUT2D eigenvalue weighted by Crippen LogP contribution is 2.13. The lowest BCUT2D eigenvalue weighted by Crippen LogP contribution is -2.53. The third-order valence-electron chi connectivity index (χ3n) is 5.09. The number of aromatic amines is 1. The van der Waals surface area contributed by atoms with E-state index in [1.807, 2.05) is 0 Å². The number of hydrogen-bond acceptors (Lipinski definition) is 9. The summed E-state index contributed by atoms with van der Waals surface area (Å²) in [5.41, 5.74) is 7.27. The number of phenolic OH excluding ortho intramolecular Hbond substituents is 1. The molecule has 9 N–H and O–H groups in total. The Bertz CT molecular complexity index is 1030. The molecule has 1 aromatic carbocycles. The van der Waals surface area contributed by atoms with Crippen LogP contribution in [0.3, 0.4) is 0 Å². The summed E-state index contributed by atoms with van der Waals surface area (Å²) in [7, 11) is -3.67. The van der Waals surface area contributed by atoms with E-state index in [0.717, 1.165) is 5.56 Å². The fraction of sp³-hybridized carbons (Fsp3) is 0.450. The number of primary sulfonamides is 1. The molecule has 34 heavy (non-hydrogen) atoms. The zero-order valence-corrected chi connectivity index (χ0v) is 20.0. The van der Waals surface area contributed by atoms with Crippen molar-refractivity contribution in [3.63, 3.8) is 0 Å². The fourth-order valence-electron chi connectivity index (χ4n) is 3.12. The van der Waals surface area contributed by atoms with E-state index < -0.39 is 45.3 Å². The normalized spacial score (nSPS) is 15.3. The number of carboxylic acids is 1. The van der Waals surface area contributed by atoms with Crippen molar-refractivity contribution in [2.24, 2.45) is 10.9 Å². The third-order valence-corrected chi connectivity index (χ3v) is 6.46. The monoisotopic (exact) mass is 514 g/mol. The second kappa shape index (κ2) is 12.7. The summed E-state index contributed by atoms with van der Waals surface area (Å²) in [6, 6.07) is 3.59. The van der Waals surface area contributed by atoms with E-state index in [1.165, 1.54) is 24.7 Å². The predicted octanol–water partition coefficient (Wildman–Crippen LogP) is -1.27. The van der Waals surface area contributed by atoms with E-state index in [9.17, 15) is 28.2 Å². The number of rotatable bonds is 14. The Balaban J connectivity index is 2.08. The third kappa shape index (κ3) is 9.69. The van der Waals surface area contributed by atoms with Crippen molar-refractivity contribution in [1.82, 2.24) is 20.6 Å². The quantitative estimate of drug-likeness (QED) is 0.141. The number of nitrogens with one attached hydrogen (secondary N) is 3. The molecule has 0 aliphatic carbocycles. The number of carbonyl (C=O) groups excluding carboxylic acids is 1. The number of nitrogens with zero attached hydrogens (tertiary/aromatic N) is 1. The smallest absolute Gasteiger partial charge is 0.326 e. The van der Waals surface area contributed by atoms with Crippen LogP contribution in [0.15, 0.2) is 36.8 Å². The first-order valence-electron chi connectivity index (χ1n) is 10.4. The molecular weight excluding hydrogens is 484 g/mol. The first-order chi connectivity index (χ1) is 15.9. The lowest BCUT2D eigenvalue weighted by Gasteiger charge is -2.25. The Labute approximate surface area is 203 Å². The number of thiol groups is 1. The molecule has 4 atom stereocenters. The molecule has 0 aliphatic heterocycles. The fourth-order valence-corrected chi connectivity index (χ4v) is 3.98. The number of aromatic nitrogens is 2. The molecular formula is C20H30N6O6S2. The topological polar surface area (TPSA) is 214 Å². The van der Waals surface area contributed by atoms with Crippen molar-refractivity contribution in [3.05, 3.63) is 48.0 Å². The van der Waals surface area contributed by atoms with Crippen LogP contribution in [0.25, 0.3) is 0 Å². The van der Waals surface area contributed by atoms with E-state index >= 15 is 0 Å². The molecule has 4 unspecified atom stereocenters. The van der Waals surface area contributed by atoms with Crippen LogP contribution in [-0.4, -0.2) is 76.1 Å². The molecule has 12 nitrogen and oxygen atoms in total.